The highest BCUT2D eigenvalue weighted by Gasteiger charge is 2.26. The first-order chi connectivity index (χ1) is 15.7. The van der Waals surface area contributed by atoms with E-state index in [2.05, 4.69) is 15.2 Å². The second kappa shape index (κ2) is 10.7. The summed E-state index contributed by atoms with van der Waals surface area (Å²) in [5.74, 6) is 0.901. The van der Waals surface area contributed by atoms with Crippen LogP contribution < -0.4 is 0 Å². The normalized spacial score (nSPS) is 14.4. The van der Waals surface area contributed by atoms with Crippen LogP contribution in [0.25, 0.3) is 11.4 Å². The molecule has 0 spiro atoms. The molecule has 0 radical (unpaired) electrons. The molecule has 0 aliphatic heterocycles. The Morgan fingerprint density at radius 1 is 1.09 bits per heavy atom. The molecule has 0 bridgehead atoms. The van der Waals surface area contributed by atoms with Crippen LogP contribution in [0.15, 0.2) is 53.9 Å². The Labute approximate surface area is 192 Å². The van der Waals surface area contributed by atoms with Gasteiger partial charge in [0.15, 0.2) is 11.0 Å². The number of thioether (sulfide) groups is 1. The second-order valence-corrected chi connectivity index (χ2v) is 8.96. The average Bonchev–Trinajstić information content (AvgIpc) is 3.26. The van der Waals surface area contributed by atoms with Gasteiger partial charge in [-0.3, -0.25) is 9.78 Å². The van der Waals surface area contributed by atoms with E-state index in [1.807, 2.05) is 28.5 Å². The number of hydrogen-bond donors (Lipinski definition) is 0. The van der Waals surface area contributed by atoms with E-state index < -0.39 is 0 Å². The molecule has 1 fully saturated rings. The molecule has 8 heteroatoms. The number of nitrogens with zero attached hydrogens (tertiary/aromatic N) is 5. The van der Waals surface area contributed by atoms with Crippen LogP contribution in [0, 0.1) is 5.82 Å². The van der Waals surface area contributed by atoms with Crippen LogP contribution in [0.5, 0.6) is 0 Å². The van der Waals surface area contributed by atoms with Gasteiger partial charge >= 0.3 is 0 Å². The van der Waals surface area contributed by atoms with Crippen molar-refractivity contribution in [1.82, 2.24) is 24.6 Å². The maximum atomic E-state index is 13.3. The Morgan fingerprint density at radius 3 is 2.50 bits per heavy atom. The molecule has 32 heavy (non-hydrogen) atoms. The molecule has 2 heterocycles. The Balaban J connectivity index is 1.48. The molecule has 6 nitrogen and oxygen atoms in total. The highest BCUT2D eigenvalue weighted by atomic mass is 32.2. The molecule has 0 N–H and O–H groups in total. The Morgan fingerprint density at radius 2 is 1.81 bits per heavy atom. The summed E-state index contributed by atoms with van der Waals surface area (Å²) in [6, 6.07) is 10.5. The quantitative estimate of drug-likeness (QED) is 0.452. The number of carbonyl (C=O) groups is 1. The summed E-state index contributed by atoms with van der Waals surface area (Å²) in [7, 11) is 0. The first-order valence-corrected chi connectivity index (χ1v) is 12.1. The molecular formula is C24H28FN5OS. The third-order valence-corrected chi connectivity index (χ3v) is 6.85. The van der Waals surface area contributed by atoms with Crippen LogP contribution in [-0.2, 0) is 17.9 Å². The van der Waals surface area contributed by atoms with Crippen molar-refractivity contribution in [1.29, 1.82) is 0 Å². The number of pyridine rings is 1. The number of aromatic nitrogens is 4. The number of carbonyl (C=O) groups excluding carboxylic acids is 1. The third kappa shape index (κ3) is 5.35. The van der Waals surface area contributed by atoms with Crippen LogP contribution in [0.1, 0.15) is 44.6 Å². The topological polar surface area (TPSA) is 63.9 Å². The predicted molar refractivity (Wildman–Crippen MR) is 123 cm³/mol. The van der Waals surface area contributed by atoms with E-state index in [9.17, 15) is 9.18 Å². The number of halogens is 1. The van der Waals surface area contributed by atoms with Crippen molar-refractivity contribution in [3.05, 3.63) is 60.2 Å². The Kier molecular flexibility index (Phi) is 7.52. The maximum absolute atomic E-state index is 13.3. The van der Waals surface area contributed by atoms with E-state index in [0.717, 1.165) is 47.8 Å². The van der Waals surface area contributed by atoms with Gasteiger partial charge in [0.25, 0.3) is 0 Å². The fourth-order valence-electron chi connectivity index (χ4n) is 4.20. The zero-order chi connectivity index (χ0) is 22.3. The van der Waals surface area contributed by atoms with E-state index in [1.165, 1.54) is 30.3 Å². The summed E-state index contributed by atoms with van der Waals surface area (Å²) >= 11 is 1.42. The highest BCUT2D eigenvalue weighted by molar-refractivity contribution is 7.99. The van der Waals surface area contributed by atoms with E-state index in [0.29, 0.717) is 18.8 Å². The number of hydrogen-bond acceptors (Lipinski definition) is 5. The largest absolute Gasteiger partial charge is 0.335 e. The molecule has 1 saturated carbocycles. The SMILES string of the molecule is CCn1c(SCC(=O)N(Cc2ccc(F)cc2)C2CCCCC2)nnc1-c1ccncc1. The predicted octanol–water partition coefficient (Wildman–Crippen LogP) is 4.95. The summed E-state index contributed by atoms with van der Waals surface area (Å²) in [5.41, 5.74) is 1.90. The van der Waals surface area contributed by atoms with Gasteiger partial charge in [-0.15, -0.1) is 10.2 Å². The molecule has 2 aromatic heterocycles. The molecule has 0 unspecified atom stereocenters. The van der Waals surface area contributed by atoms with Gasteiger partial charge in [-0.1, -0.05) is 43.2 Å². The third-order valence-electron chi connectivity index (χ3n) is 5.90. The fourth-order valence-corrected chi connectivity index (χ4v) is 5.09. The van der Waals surface area contributed by atoms with Crippen LogP contribution in [0.2, 0.25) is 0 Å². The summed E-state index contributed by atoms with van der Waals surface area (Å²) in [5, 5.41) is 9.43. The van der Waals surface area contributed by atoms with E-state index in [1.54, 1.807) is 24.5 Å². The van der Waals surface area contributed by atoms with Gasteiger partial charge in [0, 0.05) is 37.1 Å². The molecule has 1 amide bonds. The number of benzene rings is 1. The first-order valence-electron chi connectivity index (χ1n) is 11.2. The number of rotatable bonds is 8. The molecule has 168 valence electrons. The minimum Gasteiger partial charge on any atom is -0.335 e. The van der Waals surface area contributed by atoms with E-state index in [4.69, 9.17) is 0 Å². The molecule has 4 rings (SSSR count). The molecule has 0 saturated heterocycles. The van der Waals surface area contributed by atoms with Gasteiger partial charge in [-0.25, -0.2) is 4.39 Å². The lowest BCUT2D eigenvalue weighted by Crippen LogP contribution is -2.42. The maximum Gasteiger partial charge on any atom is 0.233 e. The second-order valence-electron chi connectivity index (χ2n) is 8.01. The van der Waals surface area contributed by atoms with Gasteiger partial charge in [-0.05, 0) is 49.6 Å². The zero-order valence-electron chi connectivity index (χ0n) is 18.3. The molecule has 3 aromatic rings. The van der Waals surface area contributed by atoms with Crippen molar-refractivity contribution in [2.75, 3.05) is 5.75 Å². The van der Waals surface area contributed by atoms with Gasteiger partial charge in [0.05, 0.1) is 5.75 Å². The first kappa shape index (κ1) is 22.5. The van der Waals surface area contributed by atoms with E-state index in [-0.39, 0.29) is 17.8 Å². The lowest BCUT2D eigenvalue weighted by molar-refractivity contribution is -0.132. The van der Waals surface area contributed by atoms with Crippen molar-refractivity contribution in [3.8, 4) is 11.4 Å². The zero-order valence-corrected chi connectivity index (χ0v) is 19.1. The smallest absolute Gasteiger partial charge is 0.233 e. The Bertz CT molecular complexity index is 1020. The van der Waals surface area contributed by atoms with E-state index >= 15 is 0 Å². The van der Waals surface area contributed by atoms with Gasteiger partial charge in [0.1, 0.15) is 5.82 Å². The van der Waals surface area contributed by atoms with Crippen LogP contribution in [0.4, 0.5) is 4.39 Å². The summed E-state index contributed by atoms with van der Waals surface area (Å²) in [4.78, 5) is 19.4. The molecule has 1 aromatic carbocycles. The van der Waals surface area contributed by atoms with Crippen LogP contribution >= 0.6 is 11.8 Å². The summed E-state index contributed by atoms with van der Waals surface area (Å²) in [6.45, 7) is 3.26. The van der Waals surface area contributed by atoms with Crippen LogP contribution in [0.3, 0.4) is 0 Å². The monoisotopic (exact) mass is 453 g/mol. The van der Waals surface area contributed by atoms with Crippen molar-refractivity contribution in [2.45, 2.75) is 63.3 Å². The minimum atomic E-state index is -0.260. The molecule has 1 aliphatic carbocycles. The fraction of sp³-hybridized carbons (Fsp3) is 0.417. The van der Waals surface area contributed by atoms with Gasteiger partial charge in [-0.2, -0.15) is 0 Å². The lowest BCUT2D eigenvalue weighted by atomic mass is 9.94. The number of amides is 1. The van der Waals surface area contributed by atoms with Crippen molar-refractivity contribution in [2.24, 2.45) is 0 Å². The lowest BCUT2D eigenvalue weighted by Gasteiger charge is -2.34. The highest BCUT2D eigenvalue weighted by Crippen LogP contribution is 2.27. The van der Waals surface area contributed by atoms with Gasteiger partial charge < -0.3 is 9.47 Å². The van der Waals surface area contributed by atoms with Crippen LogP contribution in [-0.4, -0.2) is 42.4 Å². The van der Waals surface area contributed by atoms with Crippen molar-refractivity contribution in [3.63, 3.8) is 0 Å². The molecule has 0 atom stereocenters. The van der Waals surface area contributed by atoms with Gasteiger partial charge in [0.2, 0.25) is 5.91 Å². The summed E-state index contributed by atoms with van der Waals surface area (Å²) < 4.78 is 15.4. The molecule has 1 aliphatic rings. The average molecular weight is 454 g/mol. The standard InChI is InChI=1S/C24H28FN5OS/c1-2-29-23(19-12-14-26-15-13-19)27-28-24(29)32-17-22(31)30(21-6-4-3-5-7-21)16-18-8-10-20(25)11-9-18/h8-15,21H,2-7,16-17H2,1H3. The molecular weight excluding hydrogens is 425 g/mol. The minimum absolute atomic E-state index is 0.0855. The van der Waals surface area contributed by atoms with Crippen molar-refractivity contribution < 1.29 is 9.18 Å². The van der Waals surface area contributed by atoms with Crippen molar-refractivity contribution >= 4 is 17.7 Å². The Hall–Kier alpha value is -2.74. The summed E-state index contributed by atoms with van der Waals surface area (Å²) in [6.07, 6.45) is 9.02.